The Hall–Kier alpha value is -1.14. The SMILES string of the molecule is CC(NCC(O)C(F)(F)F)c1ccccc1F. The van der Waals surface area contributed by atoms with Gasteiger partial charge in [-0.3, -0.25) is 0 Å². The second-order valence-corrected chi connectivity index (χ2v) is 3.71. The molecule has 0 saturated carbocycles. The van der Waals surface area contributed by atoms with Crippen molar-refractivity contribution in [2.75, 3.05) is 6.54 Å². The van der Waals surface area contributed by atoms with Crippen LogP contribution in [0, 0.1) is 5.82 Å². The van der Waals surface area contributed by atoms with Crippen molar-refractivity contribution < 1.29 is 22.7 Å². The summed E-state index contributed by atoms with van der Waals surface area (Å²) in [5.74, 6) is -0.492. The number of benzene rings is 1. The number of alkyl halides is 3. The number of hydrogen-bond acceptors (Lipinski definition) is 2. The lowest BCUT2D eigenvalue weighted by Crippen LogP contribution is -2.39. The molecule has 6 heteroatoms. The van der Waals surface area contributed by atoms with Crippen LogP contribution in [0.1, 0.15) is 18.5 Å². The summed E-state index contributed by atoms with van der Waals surface area (Å²) >= 11 is 0. The fourth-order valence-corrected chi connectivity index (χ4v) is 1.34. The van der Waals surface area contributed by atoms with Gasteiger partial charge >= 0.3 is 6.18 Å². The van der Waals surface area contributed by atoms with Gasteiger partial charge in [-0.05, 0) is 13.0 Å². The van der Waals surface area contributed by atoms with Crippen molar-refractivity contribution >= 4 is 0 Å². The average Bonchev–Trinajstić information content (AvgIpc) is 2.24. The first-order valence-electron chi connectivity index (χ1n) is 5.05. The Kier molecular flexibility index (Phi) is 4.47. The lowest BCUT2D eigenvalue weighted by molar-refractivity contribution is -0.202. The molecule has 2 unspecified atom stereocenters. The number of halogens is 4. The van der Waals surface area contributed by atoms with Crippen LogP contribution in [0.25, 0.3) is 0 Å². The summed E-state index contributed by atoms with van der Waals surface area (Å²) in [7, 11) is 0. The molecule has 0 aliphatic carbocycles. The minimum atomic E-state index is -4.66. The van der Waals surface area contributed by atoms with E-state index in [-0.39, 0.29) is 5.56 Å². The molecule has 96 valence electrons. The number of nitrogens with one attached hydrogen (secondary N) is 1. The van der Waals surface area contributed by atoms with Crippen LogP contribution in [0.5, 0.6) is 0 Å². The van der Waals surface area contributed by atoms with Crippen molar-refractivity contribution in [3.8, 4) is 0 Å². The van der Waals surface area contributed by atoms with E-state index < -0.39 is 30.7 Å². The monoisotopic (exact) mass is 251 g/mol. The molecule has 0 saturated heterocycles. The van der Waals surface area contributed by atoms with Gasteiger partial charge in [-0.1, -0.05) is 18.2 Å². The topological polar surface area (TPSA) is 32.3 Å². The highest BCUT2D eigenvalue weighted by Gasteiger charge is 2.37. The molecule has 2 N–H and O–H groups in total. The van der Waals surface area contributed by atoms with E-state index in [1.807, 2.05) is 0 Å². The Labute approximate surface area is 96.3 Å². The molecule has 1 aromatic carbocycles. The summed E-state index contributed by atoms with van der Waals surface area (Å²) in [4.78, 5) is 0. The Balaban J connectivity index is 2.57. The third-order valence-corrected chi connectivity index (χ3v) is 2.37. The summed E-state index contributed by atoms with van der Waals surface area (Å²) in [6.07, 6.45) is -7.11. The molecular weight excluding hydrogens is 238 g/mol. The average molecular weight is 251 g/mol. The van der Waals surface area contributed by atoms with Crippen molar-refractivity contribution in [3.63, 3.8) is 0 Å². The molecule has 2 atom stereocenters. The molecule has 0 fully saturated rings. The van der Waals surface area contributed by atoms with Crippen LogP contribution in [0.15, 0.2) is 24.3 Å². The minimum absolute atomic E-state index is 0.266. The van der Waals surface area contributed by atoms with Gasteiger partial charge in [0.1, 0.15) is 5.82 Å². The van der Waals surface area contributed by atoms with Crippen molar-refractivity contribution in [3.05, 3.63) is 35.6 Å². The van der Waals surface area contributed by atoms with E-state index in [4.69, 9.17) is 5.11 Å². The van der Waals surface area contributed by atoms with E-state index in [0.29, 0.717) is 0 Å². The lowest BCUT2D eigenvalue weighted by Gasteiger charge is -2.19. The van der Waals surface area contributed by atoms with E-state index in [0.717, 1.165) is 0 Å². The molecule has 0 aliphatic heterocycles. The first kappa shape index (κ1) is 13.9. The van der Waals surface area contributed by atoms with Crippen LogP contribution in [0.2, 0.25) is 0 Å². The van der Waals surface area contributed by atoms with E-state index in [9.17, 15) is 17.6 Å². The van der Waals surface area contributed by atoms with Crippen molar-refractivity contribution in [1.82, 2.24) is 5.32 Å². The highest BCUT2D eigenvalue weighted by atomic mass is 19.4. The first-order chi connectivity index (χ1) is 7.82. The zero-order chi connectivity index (χ0) is 13.1. The molecule has 0 bridgehead atoms. The summed E-state index contributed by atoms with van der Waals surface area (Å²) in [6.45, 7) is 0.862. The standard InChI is InChI=1S/C11H13F4NO/c1-7(8-4-2-3-5-9(8)12)16-6-10(17)11(13,14)15/h2-5,7,10,16-17H,6H2,1H3. The largest absolute Gasteiger partial charge is 0.415 e. The molecule has 0 amide bonds. The zero-order valence-corrected chi connectivity index (χ0v) is 9.13. The van der Waals surface area contributed by atoms with Gasteiger partial charge in [0.15, 0.2) is 6.10 Å². The second kappa shape index (κ2) is 5.46. The van der Waals surface area contributed by atoms with E-state index in [1.165, 1.54) is 25.1 Å². The number of aliphatic hydroxyl groups is 1. The van der Waals surface area contributed by atoms with Gasteiger partial charge in [-0.15, -0.1) is 0 Å². The van der Waals surface area contributed by atoms with Crippen LogP contribution < -0.4 is 5.32 Å². The molecule has 0 aromatic heterocycles. The Morgan fingerprint density at radius 1 is 1.29 bits per heavy atom. The summed E-state index contributed by atoms with van der Waals surface area (Å²) in [5, 5.41) is 11.2. The van der Waals surface area contributed by atoms with Gasteiger partial charge in [-0.25, -0.2) is 4.39 Å². The van der Waals surface area contributed by atoms with Crippen LogP contribution in [-0.2, 0) is 0 Å². The lowest BCUT2D eigenvalue weighted by atomic mass is 10.1. The minimum Gasteiger partial charge on any atom is -0.382 e. The Morgan fingerprint density at radius 3 is 2.41 bits per heavy atom. The highest BCUT2D eigenvalue weighted by Crippen LogP contribution is 2.21. The van der Waals surface area contributed by atoms with Gasteiger partial charge in [0.25, 0.3) is 0 Å². The third kappa shape index (κ3) is 3.98. The fourth-order valence-electron chi connectivity index (χ4n) is 1.34. The van der Waals surface area contributed by atoms with Gasteiger partial charge in [-0.2, -0.15) is 13.2 Å². The summed E-state index contributed by atoms with van der Waals surface area (Å²) < 4.78 is 49.3. The van der Waals surface area contributed by atoms with Gasteiger partial charge in [0, 0.05) is 18.2 Å². The first-order valence-corrected chi connectivity index (χ1v) is 5.05. The third-order valence-electron chi connectivity index (χ3n) is 2.37. The van der Waals surface area contributed by atoms with Crippen LogP contribution >= 0.6 is 0 Å². The van der Waals surface area contributed by atoms with E-state index >= 15 is 0 Å². The van der Waals surface area contributed by atoms with Gasteiger partial charge < -0.3 is 10.4 Å². The van der Waals surface area contributed by atoms with Gasteiger partial charge in [0.2, 0.25) is 0 Å². The highest BCUT2D eigenvalue weighted by molar-refractivity contribution is 5.20. The summed E-state index contributed by atoms with van der Waals surface area (Å²) in [6, 6.07) is 5.20. The van der Waals surface area contributed by atoms with E-state index in [2.05, 4.69) is 5.32 Å². The molecule has 0 aliphatic rings. The maximum Gasteiger partial charge on any atom is 0.415 e. The molecule has 1 aromatic rings. The smallest absolute Gasteiger partial charge is 0.382 e. The fraction of sp³-hybridized carbons (Fsp3) is 0.455. The van der Waals surface area contributed by atoms with E-state index in [1.54, 1.807) is 6.07 Å². The van der Waals surface area contributed by atoms with Crippen LogP contribution in [0.3, 0.4) is 0 Å². The van der Waals surface area contributed by atoms with Crippen molar-refractivity contribution in [1.29, 1.82) is 0 Å². The molecule has 0 heterocycles. The van der Waals surface area contributed by atoms with Crippen molar-refractivity contribution in [2.24, 2.45) is 0 Å². The van der Waals surface area contributed by atoms with Crippen LogP contribution in [0.4, 0.5) is 17.6 Å². The van der Waals surface area contributed by atoms with Crippen molar-refractivity contribution in [2.45, 2.75) is 25.2 Å². The normalized spacial score (nSPS) is 15.6. The molecule has 0 radical (unpaired) electrons. The maximum atomic E-state index is 13.3. The maximum absolute atomic E-state index is 13.3. The quantitative estimate of drug-likeness (QED) is 0.805. The Morgan fingerprint density at radius 2 is 1.88 bits per heavy atom. The Bertz CT molecular complexity index is 367. The van der Waals surface area contributed by atoms with Crippen LogP contribution in [-0.4, -0.2) is 23.9 Å². The molecule has 2 nitrogen and oxygen atoms in total. The number of aliphatic hydroxyl groups excluding tert-OH is 1. The number of hydrogen-bond donors (Lipinski definition) is 2. The van der Waals surface area contributed by atoms with Gasteiger partial charge in [0.05, 0.1) is 0 Å². The molecular formula is C11H13F4NO. The zero-order valence-electron chi connectivity index (χ0n) is 9.13. The molecule has 0 spiro atoms. The summed E-state index contributed by atoms with van der Waals surface area (Å²) in [5.41, 5.74) is 0.266. The molecule has 1 rings (SSSR count). The molecule has 17 heavy (non-hydrogen) atoms. The number of rotatable bonds is 4. The second-order valence-electron chi connectivity index (χ2n) is 3.71. The predicted molar refractivity (Wildman–Crippen MR) is 54.9 cm³/mol. The predicted octanol–water partition coefficient (Wildman–Crippen LogP) is 2.40.